The van der Waals surface area contributed by atoms with Crippen molar-refractivity contribution in [3.63, 3.8) is 0 Å². The van der Waals surface area contributed by atoms with E-state index in [0.29, 0.717) is 19.4 Å². The number of carbonyl (C=O) groups is 1. The van der Waals surface area contributed by atoms with Gasteiger partial charge in [0.05, 0.1) is 19.7 Å². The minimum absolute atomic E-state index is 0.299. The number of hydrogen-bond acceptors (Lipinski definition) is 3. The van der Waals surface area contributed by atoms with Gasteiger partial charge in [-0.05, 0) is 18.4 Å². The maximum absolute atomic E-state index is 12.5. The van der Waals surface area contributed by atoms with E-state index in [1.807, 2.05) is 44.4 Å². The SMILES string of the molecule is C[NH+](C)CCOC(=O)[C@H](c1ccccc1)C1(O)CCCC1. The van der Waals surface area contributed by atoms with Crippen molar-refractivity contribution in [1.29, 1.82) is 0 Å². The number of carbonyl (C=O) groups excluding carboxylic acids is 1. The van der Waals surface area contributed by atoms with Crippen molar-refractivity contribution in [2.24, 2.45) is 0 Å². The molecule has 4 heteroatoms. The molecule has 1 aromatic carbocycles. The van der Waals surface area contributed by atoms with Crippen molar-refractivity contribution in [2.45, 2.75) is 37.2 Å². The molecule has 2 rings (SSSR count). The number of quaternary nitrogens is 1. The molecule has 1 atom stereocenters. The van der Waals surface area contributed by atoms with Crippen LogP contribution in [0.15, 0.2) is 30.3 Å². The summed E-state index contributed by atoms with van der Waals surface area (Å²) in [6.45, 7) is 1.16. The molecule has 116 valence electrons. The number of esters is 1. The van der Waals surface area contributed by atoms with Crippen molar-refractivity contribution < 1.29 is 19.5 Å². The largest absolute Gasteiger partial charge is 0.459 e. The van der Waals surface area contributed by atoms with Crippen LogP contribution in [0.3, 0.4) is 0 Å². The second-order valence-corrected chi connectivity index (χ2v) is 6.28. The van der Waals surface area contributed by atoms with Gasteiger partial charge in [0.2, 0.25) is 0 Å². The van der Waals surface area contributed by atoms with Gasteiger partial charge in [-0.2, -0.15) is 0 Å². The first-order chi connectivity index (χ1) is 10.0. The number of nitrogens with one attached hydrogen (secondary N) is 1. The molecule has 1 saturated carbocycles. The van der Waals surface area contributed by atoms with Gasteiger partial charge in [-0.15, -0.1) is 0 Å². The standard InChI is InChI=1S/C17H25NO3/c1-18(2)12-13-21-16(19)15(14-8-4-3-5-9-14)17(20)10-6-7-11-17/h3-5,8-9,15,20H,6-7,10-13H2,1-2H3/p+1/t15-/m0/s1. The molecule has 2 N–H and O–H groups in total. The summed E-state index contributed by atoms with van der Waals surface area (Å²) in [5.74, 6) is -0.870. The van der Waals surface area contributed by atoms with Gasteiger partial charge in [-0.25, -0.2) is 0 Å². The van der Waals surface area contributed by atoms with E-state index in [9.17, 15) is 9.90 Å². The van der Waals surface area contributed by atoms with Crippen molar-refractivity contribution in [3.05, 3.63) is 35.9 Å². The average molecular weight is 292 g/mol. The van der Waals surface area contributed by atoms with Crippen LogP contribution in [-0.2, 0) is 9.53 Å². The van der Waals surface area contributed by atoms with Crippen molar-refractivity contribution in [2.75, 3.05) is 27.2 Å². The van der Waals surface area contributed by atoms with E-state index in [-0.39, 0.29) is 5.97 Å². The monoisotopic (exact) mass is 292 g/mol. The van der Waals surface area contributed by atoms with Crippen LogP contribution in [0.4, 0.5) is 0 Å². The molecule has 0 unspecified atom stereocenters. The number of ether oxygens (including phenoxy) is 1. The van der Waals surface area contributed by atoms with Crippen molar-refractivity contribution in [3.8, 4) is 0 Å². The topological polar surface area (TPSA) is 51.0 Å². The van der Waals surface area contributed by atoms with Crippen LogP contribution in [0.2, 0.25) is 0 Å². The minimum Gasteiger partial charge on any atom is -0.459 e. The van der Waals surface area contributed by atoms with Gasteiger partial charge in [0, 0.05) is 0 Å². The average Bonchev–Trinajstić information content (AvgIpc) is 2.87. The molecule has 1 aliphatic carbocycles. The molecule has 0 aliphatic heterocycles. The van der Waals surface area contributed by atoms with Crippen LogP contribution in [0.25, 0.3) is 0 Å². The maximum Gasteiger partial charge on any atom is 0.316 e. The molecule has 21 heavy (non-hydrogen) atoms. The van der Waals surface area contributed by atoms with Crippen LogP contribution in [-0.4, -0.2) is 43.9 Å². The fraction of sp³-hybridized carbons (Fsp3) is 0.588. The Kier molecular flexibility index (Phi) is 5.37. The summed E-state index contributed by atoms with van der Waals surface area (Å²) >= 11 is 0. The summed E-state index contributed by atoms with van der Waals surface area (Å²) in [5, 5.41) is 10.9. The fourth-order valence-electron chi connectivity index (χ4n) is 3.03. The lowest BCUT2D eigenvalue weighted by Crippen LogP contribution is -3.06. The molecule has 0 heterocycles. The molecule has 1 fully saturated rings. The third kappa shape index (κ3) is 4.05. The van der Waals surface area contributed by atoms with E-state index >= 15 is 0 Å². The second kappa shape index (κ2) is 7.05. The number of likely N-dealkylation sites (N-methyl/N-ethyl adjacent to an activating group) is 1. The first kappa shape index (κ1) is 16.0. The van der Waals surface area contributed by atoms with E-state index in [1.54, 1.807) is 0 Å². The second-order valence-electron chi connectivity index (χ2n) is 6.28. The van der Waals surface area contributed by atoms with Crippen LogP contribution in [0, 0.1) is 0 Å². The highest BCUT2D eigenvalue weighted by molar-refractivity contribution is 5.80. The van der Waals surface area contributed by atoms with E-state index in [1.165, 1.54) is 4.90 Å². The molecule has 0 bridgehead atoms. The first-order valence-corrected chi connectivity index (χ1v) is 7.76. The lowest BCUT2D eigenvalue weighted by Gasteiger charge is -2.31. The normalized spacial score (nSPS) is 18.7. The molecule has 1 aliphatic rings. The maximum atomic E-state index is 12.5. The quantitative estimate of drug-likeness (QED) is 0.761. The Balaban J connectivity index is 2.14. The summed E-state index contributed by atoms with van der Waals surface area (Å²) < 4.78 is 5.43. The molecule has 0 amide bonds. The van der Waals surface area contributed by atoms with Crippen LogP contribution in [0.5, 0.6) is 0 Å². The summed E-state index contributed by atoms with van der Waals surface area (Å²) in [4.78, 5) is 13.8. The van der Waals surface area contributed by atoms with Gasteiger partial charge in [0.15, 0.2) is 0 Å². The highest BCUT2D eigenvalue weighted by Gasteiger charge is 2.45. The van der Waals surface area contributed by atoms with Gasteiger partial charge >= 0.3 is 5.97 Å². The molecular formula is C17H26NO3+. The summed E-state index contributed by atoms with van der Waals surface area (Å²) in [6.07, 6.45) is 3.27. The number of rotatable bonds is 6. The lowest BCUT2D eigenvalue weighted by molar-refractivity contribution is -0.858. The third-order valence-corrected chi connectivity index (χ3v) is 4.22. The summed E-state index contributed by atoms with van der Waals surface area (Å²) in [7, 11) is 4.04. The van der Waals surface area contributed by atoms with Crippen LogP contribution in [0.1, 0.15) is 37.2 Å². The molecule has 0 aromatic heterocycles. The smallest absolute Gasteiger partial charge is 0.316 e. The first-order valence-electron chi connectivity index (χ1n) is 7.76. The molecule has 0 spiro atoms. The molecule has 1 aromatic rings. The minimum atomic E-state index is -0.955. The van der Waals surface area contributed by atoms with E-state index < -0.39 is 11.5 Å². The van der Waals surface area contributed by atoms with Crippen molar-refractivity contribution in [1.82, 2.24) is 0 Å². The Morgan fingerprint density at radius 3 is 2.48 bits per heavy atom. The van der Waals surface area contributed by atoms with Gasteiger partial charge in [0.25, 0.3) is 0 Å². The number of benzene rings is 1. The molecule has 0 saturated heterocycles. The predicted molar refractivity (Wildman–Crippen MR) is 81.2 cm³/mol. The highest BCUT2D eigenvalue weighted by Crippen LogP contribution is 2.41. The van der Waals surface area contributed by atoms with Gasteiger partial charge < -0.3 is 14.7 Å². The Labute approximate surface area is 126 Å². The van der Waals surface area contributed by atoms with E-state index in [0.717, 1.165) is 24.9 Å². The van der Waals surface area contributed by atoms with Crippen LogP contribution >= 0.6 is 0 Å². The molecule has 0 radical (unpaired) electrons. The summed E-state index contributed by atoms with van der Waals surface area (Å²) in [5.41, 5.74) is -0.104. The Bertz CT molecular complexity index is 452. The lowest BCUT2D eigenvalue weighted by atomic mass is 9.81. The fourth-order valence-corrected chi connectivity index (χ4v) is 3.03. The van der Waals surface area contributed by atoms with Crippen LogP contribution < -0.4 is 4.90 Å². The number of aliphatic hydroxyl groups is 1. The summed E-state index contributed by atoms with van der Waals surface area (Å²) in [6, 6.07) is 9.52. The Morgan fingerprint density at radius 1 is 1.29 bits per heavy atom. The van der Waals surface area contributed by atoms with E-state index in [4.69, 9.17) is 4.74 Å². The zero-order valence-corrected chi connectivity index (χ0v) is 13.0. The van der Waals surface area contributed by atoms with Gasteiger partial charge in [0.1, 0.15) is 19.1 Å². The Morgan fingerprint density at radius 2 is 1.90 bits per heavy atom. The van der Waals surface area contributed by atoms with E-state index in [2.05, 4.69) is 0 Å². The molecular weight excluding hydrogens is 266 g/mol. The van der Waals surface area contributed by atoms with Gasteiger partial charge in [-0.3, -0.25) is 4.79 Å². The molecule has 4 nitrogen and oxygen atoms in total. The Hall–Kier alpha value is -1.39. The number of hydrogen-bond donors (Lipinski definition) is 2. The third-order valence-electron chi connectivity index (χ3n) is 4.22. The zero-order valence-electron chi connectivity index (χ0n) is 13.0. The predicted octanol–water partition coefficient (Wildman–Crippen LogP) is 0.763. The van der Waals surface area contributed by atoms with Crippen molar-refractivity contribution >= 4 is 5.97 Å². The highest BCUT2D eigenvalue weighted by atomic mass is 16.5. The van der Waals surface area contributed by atoms with Gasteiger partial charge in [-0.1, -0.05) is 43.2 Å². The zero-order chi connectivity index (χ0) is 15.3.